The molecule has 0 saturated heterocycles. The first-order valence-corrected chi connectivity index (χ1v) is 15.2. The summed E-state index contributed by atoms with van der Waals surface area (Å²) in [5, 5.41) is 5.21. The normalized spacial score (nSPS) is 12.2. The van der Waals surface area contributed by atoms with Crippen LogP contribution < -0.4 is 0 Å². The number of rotatable bonds is 3. The van der Waals surface area contributed by atoms with Gasteiger partial charge in [-0.3, -0.25) is 0 Å². The fourth-order valence-corrected chi connectivity index (χ4v) is 7.91. The van der Waals surface area contributed by atoms with Gasteiger partial charge in [0, 0.05) is 37.2 Å². The number of hydrogen-bond donors (Lipinski definition) is 0. The highest BCUT2D eigenvalue weighted by Crippen LogP contribution is 2.49. The molecule has 1 aromatic heterocycles. The van der Waals surface area contributed by atoms with Gasteiger partial charge < -0.3 is 4.57 Å². The minimum atomic E-state index is 1.17. The van der Waals surface area contributed by atoms with Crippen LogP contribution in [0.3, 0.4) is 0 Å². The van der Waals surface area contributed by atoms with Crippen molar-refractivity contribution >= 4 is 44.3 Å². The van der Waals surface area contributed by atoms with Crippen LogP contribution in [0, 0.1) is 0 Å². The topological polar surface area (TPSA) is 4.93 Å². The number of benzene rings is 7. The SMILES string of the molecule is c1ccc(-n2c3ccccc3c3cccc(-c4cccc(-c5ccc6c7c(cccc57)-c5ccccc5S6)c4)c32)cc1. The van der Waals surface area contributed by atoms with Crippen LogP contribution in [0.25, 0.3) is 71.6 Å². The van der Waals surface area contributed by atoms with Crippen LogP contribution in [0.5, 0.6) is 0 Å². The molecule has 0 aliphatic carbocycles. The first-order chi connectivity index (χ1) is 20.8. The molecular weight excluding hydrogens is 527 g/mol. The summed E-state index contributed by atoms with van der Waals surface area (Å²) in [6.07, 6.45) is 0. The molecule has 0 atom stereocenters. The summed E-state index contributed by atoms with van der Waals surface area (Å²) in [5.41, 5.74) is 11.3. The summed E-state index contributed by atoms with van der Waals surface area (Å²) < 4.78 is 2.42. The van der Waals surface area contributed by atoms with Crippen LogP contribution in [0.1, 0.15) is 0 Å². The Balaban J connectivity index is 1.28. The highest BCUT2D eigenvalue weighted by atomic mass is 32.2. The van der Waals surface area contributed by atoms with Gasteiger partial charge in [-0.15, -0.1) is 0 Å². The third-order valence-electron chi connectivity index (χ3n) is 8.59. The molecule has 1 nitrogen and oxygen atoms in total. The zero-order valence-corrected chi connectivity index (χ0v) is 23.6. The Morgan fingerprint density at radius 3 is 1.98 bits per heavy atom. The van der Waals surface area contributed by atoms with E-state index in [0.717, 1.165) is 0 Å². The third kappa shape index (κ3) is 3.46. The average Bonchev–Trinajstić information content (AvgIpc) is 3.40. The van der Waals surface area contributed by atoms with E-state index in [1.165, 1.54) is 81.4 Å². The molecule has 2 heteroatoms. The summed E-state index contributed by atoms with van der Waals surface area (Å²) in [7, 11) is 0. The molecule has 0 saturated carbocycles. The van der Waals surface area contributed by atoms with E-state index in [2.05, 4.69) is 156 Å². The molecular formula is C40H25NS. The minimum absolute atomic E-state index is 1.17. The van der Waals surface area contributed by atoms with Gasteiger partial charge in [0.05, 0.1) is 11.0 Å². The predicted molar refractivity (Wildman–Crippen MR) is 179 cm³/mol. The molecule has 0 fully saturated rings. The highest BCUT2D eigenvalue weighted by molar-refractivity contribution is 7.99. The number of fused-ring (bicyclic) bond motifs is 5. The summed E-state index contributed by atoms with van der Waals surface area (Å²) >= 11 is 1.88. The van der Waals surface area contributed by atoms with Gasteiger partial charge >= 0.3 is 0 Å². The fourth-order valence-electron chi connectivity index (χ4n) is 6.78. The van der Waals surface area contributed by atoms with Gasteiger partial charge in [-0.2, -0.15) is 0 Å². The van der Waals surface area contributed by atoms with Crippen molar-refractivity contribution in [1.29, 1.82) is 0 Å². The standard InChI is InChI=1S/C40H25NS/c1-2-13-28(14-3-1)41-36-21-6-4-15-31(36)35-20-9-17-30(40(35)41)27-12-8-11-26(25-27)29-23-24-38-39-33(29)18-10-19-34(39)32-16-5-7-22-37(32)42-38/h1-25H. The van der Waals surface area contributed by atoms with E-state index < -0.39 is 0 Å². The highest BCUT2D eigenvalue weighted by Gasteiger charge is 2.21. The van der Waals surface area contributed by atoms with Crippen LogP contribution >= 0.6 is 11.8 Å². The van der Waals surface area contributed by atoms with Crippen LogP contribution in [-0.2, 0) is 0 Å². The first kappa shape index (κ1) is 23.6. The van der Waals surface area contributed by atoms with E-state index in [4.69, 9.17) is 0 Å². The van der Waals surface area contributed by atoms with Crippen molar-refractivity contribution < 1.29 is 0 Å². The number of hydrogen-bond acceptors (Lipinski definition) is 1. The van der Waals surface area contributed by atoms with E-state index >= 15 is 0 Å². The van der Waals surface area contributed by atoms with Crippen LogP contribution in [0.15, 0.2) is 161 Å². The van der Waals surface area contributed by atoms with Crippen LogP contribution in [0.2, 0.25) is 0 Å². The summed E-state index contributed by atoms with van der Waals surface area (Å²) in [6, 6.07) is 55.4. The number of nitrogens with zero attached hydrogens (tertiary/aromatic N) is 1. The molecule has 0 radical (unpaired) electrons. The summed E-state index contributed by atoms with van der Waals surface area (Å²) in [6.45, 7) is 0. The van der Waals surface area contributed by atoms with Gasteiger partial charge in [0.2, 0.25) is 0 Å². The summed E-state index contributed by atoms with van der Waals surface area (Å²) in [4.78, 5) is 2.66. The molecule has 0 N–H and O–H groups in total. The van der Waals surface area contributed by atoms with E-state index in [9.17, 15) is 0 Å². The lowest BCUT2D eigenvalue weighted by Gasteiger charge is -2.21. The largest absolute Gasteiger partial charge is 0.309 e. The molecule has 0 bridgehead atoms. The molecule has 9 rings (SSSR count). The van der Waals surface area contributed by atoms with Crippen molar-refractivity contribution in [2.45, 2.75) is 9.79 Å². The molecule has 196 valence electrons. The molecule has 1 aliphatic heterocycles. The Labute approximate surface area is 248 Å². The van der Waals surface area contributed by atoms with Crippen molar-refractivity contribution in [2.75, 3.05) is 0 Å². The monoisotopic (exact) mass is 551 g/mol. The second kappa shape index (κ2) is 9.24. The molecule has 0 unspecified atom stereocenters. The first-order valence-electron chi connectivity index (χ1n) is 14.4. The van der Waals surface area contributed by atoms with Gasteiger partial charge in [0.1, 0.15) is 0 Å². The summed E-state index contributed by atoms with van der Waals surface area (Å²) in [5.74, 6) is 0. The molecule has 0 spiro atoms. The third-order valence-corrected chi connectivity index (χ3v) is 9.73. The van der Waals surface area contributed by atoms with Crippen molar-refractivity contribution in [3.63, 3.8) is 0 Å². The maximum Gasteiger partial charge on any atom is 0.0619 e. The second-order valence-corrected chi connectivity index (χ2v) is 12.0. The number of aromatic nitrogens is 1. The van der Waals surface area contributed by atoms with Gasteiger partial charge in [-0.05, 0) is 69.6 Å². The number of para-hydroxylation sites is 3. The smallest absolute Gasteiger partial charge is 0.0619 e. The lowest BCUT2D eigenvalue weighted by atomic mass is 9.91. The van der Waals surface area contributed by atoms with Crippen LogP contribution in [0.4, 0.5) is 0 Å². The van der Waals surface area contributed by atoms with Gasteiger partial charge in [0.15, 0.2) is 0 Å². The van der Waals surface area contributed by atoms with E-state index in [0.29, 0.717) is 0 Å². The molecule has 8 aromatic rings. The average molecular weight is 552 g/mol. The minimum Gasteiger partial charge on any atom is -0.309 e. The van der Waals surface area contributed by atoms with E-state index in [1.54, 1.807) is 0 Å². The second-order valence-electron chi connectivity index (χ2n) is 10.9. The van der Waals surface area contributed by atoms with Gasteiger partial charge in [-0.25, -0.2) is 0 Å². The predicted octanol–water partition coefficient (Wildman–Crippen LogP) is 11.4. The molecule has 0 amide bonds. The lowest BCUT2D eigenvalue weighted by Crippen LogP contribution is -1.95. The van der Waals surface area contributed by atoms with Crippen molar-refractivity contribution in [1.82, 2.24) is 4.57 Å². The maximum absolute atomic E-state index is 2.42. The Hall–Kier alpha value is -5.05. The Bertz CT molecular complexity index is 2330. The maximum atomic E-state index is 2.42. The zero-order valence-electron chi connectivity index (χ0n) is 22.8. The Kier molecular flexibility index (Phi) is 5.20. The Morgan fingerprint density at radius 1 is 0.405 bits per heavy atom. The molecule has 7 aromatic carbocycles. The lowest BCUT2D eigenvalue weighted by molar-refractivity contribution is 1.18. The van der Waals surface area contributed by atoms with E-state index in [-0.39, 0.29) is 0 Å². The van der Waals surface area contributed by atoms with E-state index in [1.807, 2.05) is 11.8 Å². The van der Waals surface area contributed by atoms with Gasteiger partial charge in [-0.1, -0.05) is 127 Å². The molecule has 1 aliphatic rings. The fraction of sp³-hybridized carbons (Fsp3) is 0. The quantitative estimate of drug-likeness (QED) is 0.211. The molecule has 2 heterocycles. The van der Waals surface area contributed by atoms with Gasteiger partial charge in [0.25, 0.3) is 0 Å². The molecule has 42 heavy (non-hydrogen) atoms. The van der Waals surface area contributed by atoms with Crippen molar-refractivity contribution in [3.8, 4) is 39.1 Å². The zero-order chi connectivity index (χ0) is 27.6. The van der Waals surface area contributed by atoms with Crippen LogP contribution in [-0.4, -0.2) is 4.57 Å². The van der Waals surface area contributed by atoms with Crippen molar-refractivity contribution in [2.24, 2.45) is 0 Å². The Morgan fingerprint density at radius 2 is 1.07 bits per heavy atom. The van der Waals surface area contributed by atoms with Crippen molar-refractivity contribution in [3.05, 3.63) is 152 Å².